The zero-order valence-electron chi connectivity index (χ0n) is 20.7. The van der Waals surface area contributed by atoms with Crippen LogP contribution in [-0.2, 0) is 11.3 Å². The highest BCUT2D eigenvalue weighted by Gasteiger charge is 2.29. The average molecular weight is 497 g/mol. The minimum Gasteiger partial charge on any atom is -0.493 e. The van der Waals surface area contributed by atoms with Gasteiger partial charge in [0.25, 0.3) is 5.91 Å². The topological polar surface area (TPSA) is 94.5 Å². The molecule has 1 aromatic heterocycles. The van der Waals surface area contributed by atoms with Gasteiger partial charge in [0, 0.05) is 29.9 Å². The number of nitrogens with zero attached hydrogens (tertiary/aromatic N) is 2. The number of nitrogens with one attached hydrogen (secondary N) is 2. The molecule has 188 valence electrons. The molecule has 8 nitrogen and oxygen atoms in total. The van der Waals surface area contributed by atoms with E-state index in [9.17, 15) is 9.59 Å². The van der Waals surface area contributed by atoms with Gasteiger partial charge in [-0.15, -0.1) is 0 Å². The van der Waals surface area contributed by atoms with Crippen LogP contribution in [0.15, 0.2) is 79.0 Å². The predicted octanol–water partition coefficient (Wildman–Crippen LogP) is 4.84. The number of aromatic nitrogens is 2. The normalized spacial score (nSPS) is 12.6. The van der Waals surface area contributed by atoms with Crippen LogP contribution in [0.25, 0.3) is 16.8 Å². The molecule has 1 aliphatic rings. The molecule has 0 radical (unpaired) electrons. The Hall–Kier alpha value is -4.59. The van der Waals surface area contributed by atoms with Crippen molar-refractivity contribution in [1.82, 2.24) is 15.1 Å². The van der Waals surface area contributed by atoms with E-state index >= 15 is 0 Å². The van der Waals surface area contributed by atoms with Gasteiger partial charge in [-0.05, 0) is 60.4 Å². The Kier molecular flexibility index (Phi) is 6.89. The molecule has 3 aromatic carbocycles. The van der Waals surface area contributed by atoms with Crippen molar-refractivity contribution in [2.24, 2.45) is 5.92 Å². The number of carbonyl (C=O) groups is 2. The fourth-order valence-corrected chi connectivity index (χ4v) is 4.08. The van der Waals surface area contributed by atoms with Crippen molar-refractivity contribution < 1.29 is 19.1 Å². The molecule has 0 saturated heterocycles. The number of amides is 2. The molecule has 1 heterocycles. The van der Waals surface area contributed by atoms with Crippen LogP contribution in [-0.4, -0.2) is 35.8 Å². The highest BCUT2D eigenvalue weighted by atomic mass is 16.5. The van der Waals surface area contributed by atoms with Crippen LogP contribution in [0.3, 0.4) is 0 Å². The van der Waals surface area contributed by atoms with E-state index in [1.165, 1.54) is 0 Å². The highest BCUT2D eigenvalue weighted by Crippen LogP contribution is 2.34. The summed E-state index contributed by atoms with van der Waals surface area (Å²) in [6.07, 6.45) is 3.72. The van der Waals surface area contributed by atoms with Crippen molar-refractivity contribution in [3.63, 3.8) is 0 Å². The van der Waals surface area contributed by atoms with Crippen molar-refractivity contribution >= 4 is 17.5 Å². The molecule has 2 amide bonds. The fourth-order valence-electron chi connectivity index (χ4n) is 4.08. The van der Waals surface area contributed by atoms with Crippen LogP contribution >= 0.6 is 0 Å². The van der Waals surface area contributed by atoms with E-state index in [1.54, 1.807) is 25.0 Å². The first-order chi connectivity index (χ1) is 18.1. The van der Waals surface area contributed by atoms with Crippen LogP contribution in [0.2, 0.25) is 0 Å². The van der Waals surface area contributed by atoms with Crippen molar-refractivity contribution in [2.45, 2.75) is 19.4 Å². The molecule has 0 spiro atoms. The van der Waals surface area contributed by atoms with E-state index in [1.807, 2.05) is 72.9 Å². The summed E-state index contributed by atoms with van der Waals surface area (Å²) in [6.45, 7) is 0.287. The van der Waals surface area contributed by atoms with Crippen molar-refractivity contribution in [1.29, 1.82) is 0 Å². The van der Waals surface area contributed by atoms with Gasteiger partial charge in [-0.2, -0.15) is 5.10 Å². The van der Waals surface area contributed by atoms with E-state index in [0.29, 0.717) is 17.1 Å². The van der Waals surface area contributed by atoms with E-state index in [-0.39, 0.29) is 30.0 Å². The molecule has 8 heteroatoms. The monoisotopic (exact) mass is 496 g/mol. The maximum absolute atomic E-state index is 13.4. The molecule has 0 atom stereocenters. The van der Waals surface area contributed by atoms with Gasteiger partial charge >= 0.3 is 0 Å². The molecule has 2 N–H and O–H groups in total. The molecular weight excluding hydrogens is 468 g/mol. The number of hydrogen-bond donors (Lipinski definition) is 2. The summed E-state index contributed by atoms with van der Waals surface area (Å²) in [6, 6.07) is 22.6. The van der Waals surface area contributed by atoms with Gasteiger partial charge in [-0.25, -0.2) is 4.68 Å². The first kappa shape index (κ1) is 24.1. The zero-order valence-corrected chi connectivity index (χ0v) is 20.7. The molecule has 0 bridgehead atoms. The third-order valence-electron chi connectivity index (χ3n) is 6.24. The standard InChI is InChI=1S/C29H28N4O4/c1-36-25-14-13-21(16-26(25)37-2)24-18-33(23-9-4-3-5-10-23)32-27(24)29(35)30-17-19-7-6-8-22(15-19)31-28(34)20-11-12-20/h3-10,13-16,18,20H,11-12,17H2,1-2H3,(H,30,35)(H,31,34). The third kappa shape index (κ3) is 5.48. The van der Waals surface area contributed by atoms with Gasteiger partial charge in [0.15, 0.2) is 17.2 Å². The van der Waals surface area contributed by atoms with Crippen molar-refractivity contribution in [3.05, 3.63) is 90.3 Å². The molecule has 0 aliphatic heterocycles. The Morgan fingerprint density at radius 1 is 0.946 bits per heavy atom. The van der Waals surface area contributed by atoms with Crippen LogP contribution in [0.5, 0.6) is 11.5 Å². The number of anilines is 1. The quantitative estimate of drug-likeness (QED) is 0.346. The number of methoxy groups -OCH3 is 2. The lowest BCUT2D eigenvalue weighted by Gasteiger charge is -2.10. The second kappa shape index (κ2) is 10.6. The van der Waals surface area contributed by atoms with Crippen LogP contribution in [0.1, 0.15) is 28.9 Å². The van der Waals surface area contributed by atoms with Crippen molar-refractivity contribution in [3.8, 4) is 28.3 Å². The molecule has 5 rings (SSSR count). The lowest BCUT2D eigenvalue weighted by Crippen LogP contribution is -2.24. The zero-order chi connectivity index (χ0) is 25.8. The van der Waals surface area contributed by atoms with E-state index in [0.717, 1.165) is 35.3 Å². The molecule has 0 unspecified atom stereocenters. The maximum atomic E-state index is 13.4. The van der Waals surface area contributed by atoms with Gasteiger partial charge in [0.1, 0.15) is 0 Å². The van der Waals surface area contributed by atoms with Crippen molar-refractivity contribution in [2.75, 3.05) is 19.5 Å². The van der Waals surface area contributed by atoms with Gasteiger partial charge in [0.05, 0.1) is 19.9 Å². The summed E-state index contributed by atoms with van der Waals surface area (Å²) in [4.78, 5) is 25.5. The SMILES string of the molecule is COc1ccc(-c2cn(-c3ccccc3)nc2C(=O)NCc2cccc(NC(=O)C3CC3)c2)cc1OC. The Morgan fingerprint density at radius 2 is 1.73 bits per heavy atom. The Labute approximate surface area is 215 Å². The predicted molar refractivity (Wildman–Crippen MR) is 141 cm³/mol. The largest absolute Gasteiger partial charge is 0.493 e. The van der Waals surface area contributed by atoms with Gasteiger partial charge in [-0.1, -0.05) is 36.4 Å². The molecular formula is C29H28N4O4. The summed E-state index contributed by atoms with van der Waals surface area (Å²) in [7, 11) is 3.15. The number of rotatable bonds is 9. The van der Waals surface area contributed by atoms with E-state index < -0.39 is 0 Å². The number of carbonyl (C=O) groups excluding carboxylic acids is 2. The van der Waals surface area contributed by atoms with E-state index in [2.05, 4.69) is 15.7 Å². The second-order valence-electron chi connectivity index (χ2n) is 8.89. The Balaban J connectivity index is 1.41. The Morgan fingerprint density at radius 3 is 2.46 bits per heavy atom. The first-order valence-electron chi connectivity index (χ1n) is 12.1. The van der Waals surface area contributed by atoms with Gasteiger partial charge in [0.2, 0.25) is 5.91 Å². The fraction of sp³-hybridized carbons (Fsp3) is 0.207. The summed E-state index contributed by atoms with van der Waals surface area (Å²) in [5.74, 6) is 1.02. The number of hydrogen-bond acceptors (Lipinski definition) is 5. The molecule has 37 heavy (non-hydrogen) atoms. The molecule has 1 saturated carbocycles. The van der Waals surface area contributed by atoms with Crippen LogP contribution < -0.4 is 20.1 Å². The summed E-state index contributed by atoms with van der Waals surface area (Å²) < 4.78 is 12.5. The Bertz CT molecular complexity index is 1430. The number of para-hydroxylation sites is 1. The molecule has 4 aromatic rings. The smallest absolute Gasteiger partial charge is 0.272 e. The highest BCUT2D eigenvalue weighted by molar-refractivity contribution is 5.99. The summed E-state index contributed by atoms with van der Waals surface area (Å²) >= 11 is 0. The minimum absolute atomic E-state index is 0.0483. The second-order valence-corrected chi connectivity index (χ2v) is 8.89. The lowest BCUT2D eigenvalue weighted by molar-refractivity contribution is -0.117. The third-order valence-corrected chi connectivity index (χ3v) is 6.24. The van der Waals surface area contributed by atoms with Crippen LogP contribution in [0, 0.1) is 5.92 Å². The molecule has 1 aliphatic carbocycles. The number of benzene rings is 3. The average Bonchev–Trinajstić information content (AvgIpc) is 3.70. The summed E-state index contributed by atoms with van der Waals surface area (Å²) in [5, 5.41) is 10.5. The van der Waals surface area contributed by atoms with E-state index in [4.69, 9.17) is 9.47 Å². The van der Waals surface area contributed by atoms with Gasteiger partial charge < -0.3 is 20.1 Å². The number of ether oxygens (including phenoxy) is 2. The van der Waals surface area contributed by atoms with Gasteiger partial charge in [-0.3, -0.25) is 9.59 Å². The maximum Gasteiger partial charge on any atom is 0.272 e. The molecule has 1 fully saturated rings. The van der Waals surface area contributed by atoms with Crippen LogP contribution in [0.4, 0.5) is 5.69 Å². The first-order valence-corrected chi connectivity index (χ1v) is 12.1. The lowest BCUT2D eigenvalue weighted by atomic mass is 10.1. The summed E-state index contributed by atoms with van der Waals surface area (Å²) in [5.41, 5.74) is 4.15. The minimum atomic E-state index is -0.313.